The van der Waals surface area contributed by atoms with E-state index in [-0.39, 0.29) is 6.03 Å². The molecule has 0 spiro atoms. The van der Waals surface area contributed by atoms with Crippen LogP contribution in [0.2, 0.25) is 0 Å². The zero-order chi connectivity index (χ0) is 18.6. The van der Waals surface area contributed by atoms with Gasteiger partial charge in [-0.15, -0.1) is 0 Å². The smallest absolute Gasteiger partial charge is 0.322 e. The number of rotatable bonds is 4. The van der Waals surface area contributed by atoms with E-state index in [2.05, 4.69) is 25.3 Å². The Kier molecular flexibility index (Phi) is 5.24. The van der Waals surface area contributed by atoms with E-state index in [0.717, 1.165) is 55.7 Å². The van der Waals surface area contributed by atoms with Crippen LogP contribution in [0.1, 0.15) is 24.3 Å². The lowest BCUT2D eigenvalue weighted by molar-refractivity contribution is 0.134. The van der Waals surface area contributed by atoms with Gasteiger partial charge in [-0.2, -0.15) is 0 Å². The summed E-state index contributed by atoms with van der Waals surface area (Å²) in [5.41, 5.74) is 1.69. The van der Waals surface area contributed by atoms with Crippen molar-refractivity contribution < 1.29 is 9.32 Å². The molecule has 0 aromatic carbocycles. The van der Waals surface area contributed by atoms with E-state index in [0.29, 0.717) is 13.1 Å². The van der Waals surface area contributed by atoms with E-state index in [1.165, 1.54) is 12.8 Å². The van der Waals surface area contributed by atoms with E-state index in [9.17, 15) is 4.79 Å². The number of aromatic nitrogens is 2. The minimum absolute atomic E-state index is 0.0568. The molecule has 0 saturated carbocycles. The minimum atomic E-state index is -0.0568. The van der Waals surface area contributed by atoms with Crippen LogP contribution in [0.4, 0.5) is 16.3 Å². The van der Waals surface area contributed by atoms with Crippen molar-refractivity contribution in [1.82, 2.24) is 19.9 Å². The summed E-state index contributed by atoms with van der Waals surface area (Å²) in [4.78, 5) is 23.6. The Bertz CT molecular complexity index is 778. The number of nitrogens with zero attached hydrogens (tertiary/aromatic N) is 5. The molecule has 2 aromatic rings. The Balaban J connectivity index is 1.32. The summed E-state index contributed by atoms with van der Waals surface area (Å²) >= 11 is 0. The first kappa shape index (κ1) is 17.8. The zero-order valence-electron chi connectivity index (χ0n) is 15.7. The van der Waals surface area contributed by atoms with E-state index < -0.39 is 0 Å². The predicted octanol–water partition coefficient (Wildman–Crippen LogP) is 2.33. The van der Waals surface area contributed by atoms with Gasteiger partial charge in [0.25, 0.3) is 0 Å². The summed E-state index contributed by atoms with van der Waals surface area (Å²) in [5.74, 6) is 1.75. The molecule has 27 heavy (non-hydrogen) atoms. The fraction of sp³-hybridized carbons (Fsp3) is 0.526. The summed E-state index contributed by atoms with van der Waals surface area (Å²) in [6.07, 6.45) is 4.14. The molecule has 8 nitrogen and oxygen atoms in total. The third-order valence-electron chi connectivity index (χ3n) is 5.15. The maximum Gasteiger partial charge on any atom is 0.322 e. The summed E-state index contributed by atoms with van der Waals surface area (Å²) in [6.45, 7) is 7.68. The van der Waals surface area contributed by atoms with E-state index in [1.54, 1.807) is 6.20 Å². The molecule has 144 valence electrons. The zero-order valence-corrected chi connectivity index (χ0v) is 15.7. The number of pyridine rings is 1. The third-order valence-corrected chi connectivity index (χ3v) is 5.15. The van der Waals surface area contributed by atoms with Gasteiger partial charge in [0.05, 0.1) is 17.9 Å². The maximum absolute atomic E-state index is 12.7. The van der Waals surface area contributed by atoms with Crippen LogP contribution in [-0.2, 0) is 6.54 Å². The van der Waals surface area contributed by atoms with Gasteiger partial charge in [-0.05, 0) is 31.9 Å². The number of piperazine rings is 1. The molecule has 2 aromatic heterocycles. The highest BCUT2D eigenvalue weighted by Crippen LogP contribution is 2.26. The molecule has 2 fully saturated rings. The van der Waals surface area contributed by atoms with Crippen molar-refractivity contribution in [2.24, 2.45) is 0 Å². The molecule has 0 unspecified atom stereocenters. The van der Waals surface area contributed by atoms with Crippen LogP contribution in [0.5, 0.6) is 0 Å². The van der Waals surface area contributed by atoms with Crippen molar-refractivity contribution in [3.8, 4) is 0 Å². The summed E-state index contributed by atoms with van der Waals surface area (Å²) in [7, 11) is 0. The van der Waals surface area contributed by atoms with Gasteiger partial charge in [0.1, 0.15) is 0 Å². The topological polar surface area (TPSA) is 77.7 Å². The second-order valence-corrected chi connectivity index (χ2v) is 7.20. The maximum atomic E-state index is 12.7. The summed E-state index contributed by atoms with van der Waals surface area (Å²) in [5, 5.41) is 6.99. The monoisotopic (exact) mass is 370 g/mol. The highest BCUT2D eigenvalue weighted by atomic mass is 16.5. The van der Waals surface area contributed by atoms with E-state index in [1.807, 2.05) is 30.0 Å². The van der Waals surface area contributed by atoms with Gasteiger partial charge >= 0.3 is 6.03 Å². The second-order valence-electron chi connectivity index (χ2n) is 7.20. The first-order valence-electron chi connectivity index (χ1n) is 9.59. The molecule has 4 heterocycles. The fourth-order valence-corrected chi connectivity index (χ4v) is 3.69. The molecule has 2 amide bonds. The standard InChI is InChI=1S/C19H26N6O2/c1-15-13-16(27-22-15)14-23-9-11-25(12-10-23)19(26)21-17-5-4-6-20-18(17)24-7-2-3-8-24/h4-6,13H,2-3,7-12,14H2,1H3,(H,21,26). The first-order chi connectivity index (χ1) is 13.2. The van der Waals surface area contributed by atoms with Crippen LogP contribution in [0.25, 0.3) is 0 Å². The summed E-state index contributed by atoms with van der Waals surface area (Å²) < 4.78 is 5.29. The van der Waals surface area contributed by atoms with Crippen molar-refractivity contribution in [2.75, 3.05) is 49.5 Å². The number of carbonyl (C=O) groups is 1. The van der Waals surface area contributed by atoms with Crippen molar-refractivity contribution >= 4 is 17.5 Å². The lowest BCUT2D eigenvalue weighted by Crippen LogP contribution is -2.49. The number of hydrogen-bond acceptors (Lipinski definition) is 6. The van der Waals surface area contributed by atoms with E-state index in [4.69, 9.17) is 4.52 Å². The van der Waals surface area contributed by atoms with Gasteiger partial charge in [-0.25, -0.2) is 9.78 Å². The quantitative estimate of drug-likeness (QED) is 0.890. The third kappa shape index (κ3) is 4.21. The Hall–Kier alpha value is -2.61. The highest BCUT2D eigenvalue weighted by Gasteiger charge is 2.24. The number of anilines is 2. The van der Waals surface area contributed by atoms with Gasteiger partial charge < -0.3 is 19.6 Å². The van der Waals surface area contributed by atoms with Crippen molar-refractivity contribution in [2.45, 2.75) is 26.3 Å². The van der Waals surface area contributed by atoms with Crippen LogP contribution >= 0.6 is 0 Å². The number of hydrogen-bond donors (Lipinski definition) is 1. The molecule has 4 rings (SSSR count). The average molecular weight is 370 g/mol. The van der Waals surface area contributed by atoms with Crippen LogP contribution in [0.3, 0.4) is 0 Å². The number of amides is 2. The molecule has 1 N–H and O–H groups in total. The number of nitrogens with one attached hydrogen (secondary N) is 1. The van der Waals surface area contributed by atoms with Crippen LogP contribution in [0, 0.1) is 6.92 Å². The molecule has 2 aliphatic heterocycles. The molecule has 0 bridgehead atoms. The molecule has 8 heteroatoms. The lowest BCUT2D eigenvalue weighted by atomic mass is 10.3. The minimum Gasteiger partial charge on any atom is -0.360 e. The first-order valence-corrected chi connectivity index (χ1v) is 9.59. The SMILES string of the molecule is Cc1cc(CN2CCN(C(=O)Nc3cccnc3N3CCCC3)CC2)on1. The number of aryl methyl sites for hydroxylation is 1. The van der Waals surface area contributed by atoms with Gasteiger partial charge in [0, 0.05) is 51.5 Å². The Labute approximate surface area is 159 Å². The molecule has 0 aliphatic carbocycles. The van der Waals surface area contributed by atoms with Crippen molar-refractivity contribution in [1.29, 1.82) is 0 Å². The van der Waals surface area contributed by atoms with E-state index >= 15 is 0 Å². The van der Waals surface area contributed by atoms with Crippen LogP contribution in [-0.4, -0.2) is 65.2 Å². The molecule has 0 radical (unpaired) electrons. The largest absolute Gasteiger partial charge is 0.360 e. The van der Waals surface area contributed by atoms with Gasteiger partial charge in [0.15, 0.2) is 11.6 Å². The molecule has 2 aliphatic rings. The lowest BCUT2D eigenvalue weighted by Gasteiger charge is -2.34. The molecule has 0 atom stereocenters. The van der Waals surface area contributed by atoms with Crippen molar-refractivity contribution in [3.05, 3.63) is 35.9 Å². The number of carbonyl (C=O) groups excluding carboxylic acids is 1. The predicted molar refractivity (Wildman–Crippen MR) is 103 cm³/mol. The van der Waals surface area contributed by atoms with Gasteiger partial charge in [-0.1, -0.05) is 5.16 Å². The van der Waals surface area contributed by atoms with Crippen molar-refractivity contribution in [3.63, 3.8) is 0 Å². The van der Waals surface area contributed by atoms with Gasteiger partial charge in [-0.3, -0.25) is 4.90 Å². The van der Waals surface area contributed by atoms with Crippen LogP contribution in [0.15, 0.2) is 28.9 Å². The highest BCUT2D eigenvalue weighted by molar-refractivity contribution is 5.92. The molecular weight excluding hydrogens is 344 g/mol. The summed E-state index contributed by atoms with van der Waals surface area (Å²) in [6, 6.07) is 5.70. The normalized spacial score (nSPS) is 18.1. The van der Waals surface area contributed by atoms with Crippen LogP contribution < -0.4 is 10.2 Å². The Morgan fingerprint density at radius 2 is 1.96 bits per heavy atom. The van der Waals surface area contributed by atoms with Gasteiger partial charge in [0.2, 0.25) is 0 Å². The Morgan fingerprint density at radius 3 is 2.67 bits per heavy atom. The fourth-order valence-electron chi connectivity index (χ4n) is 3.69. The molecule has 2 saturated heterocycles. The average Bonchev–Trinajstić information content (AvgIpc) is 3.35. The number of urea groups is 1. The second kappa shape index (κ2) is 7.96. The Morgan fingerprint density at radius 1 is 1.19 bits per heavy atom. The molecular formula is C19H26N6O2.